The van der Waals surface area contributed by atoms with Gasteiger partial charge in [0.2, 0.25) is 0 Å². The predicted molar refractivity (Wildman–Crippen MR) is 68.7 cm³/mol. The number of carbonyl (C=O) groups excluding carboxylic acids is 1. The van der Waals surface area contributed by atoms with E-state index in [0.29, 0.717) is 6.54 Å². The van der Waals surface area contributed by atoms with Gasteiger partial charge in [0.25, 0.3) is 5.91 Å². The number of anilines is 1. The zero-order chi connectivity index (χ0) is 14.7. The topological polar surface area (TPSA) is 92.9 Å². The lowest BCUT2D eigenvalue weighted by Gasteiger charge is -2.32. The monoisotopic (exact) mass is 282 g/mol. The molecule has 0 saturated carbocycles. The number of carbonyl (C=O) groups is 2. The number of hydrogen-bond donors (Lipinski definition) is 2. The van der Waals surface area contributed by atoms with Gasteiger partial charge in [0.1, 0.15) is 5.82 Å². The van der Waals surface area contributed by atoms with Crippen LogP contribution in [0.15, 0.2) is 18.2 Å². The molecule has 1 saturated heterocycles. The van der Waals surface area contributed by atoms with E-state index >= 15 is 0 Å². The minimum absolute atomic E-state index is 0.0210. The Morgan fingerprint density at radius 3 is 2.90 bits per heavy atom. The standard InChI is InChI=1S/C13H15FN2O4/c14-10-5-8(1-2-11(10)15)13(19)16-3-4-20-9(7-16)6-12(17)18/h1-2,5,9H,3-4,6-7,15H2,(H,17,18). The quantitative estimate of drug-likeness (QED) is 0.797. The molecule has 1 atom stereocenters. The first-order chi connectivity index (χ1) is 9.47. The summed E-state index contributed by atoms with van der Waals surface area (Å²) in [6, 6.07) is 3.86. The Labute approximate surface area is 114 Å². The number of nitrogens with two attached hydrogens (primary N) is 1. The lowest BCUT2D eigenvalue weighted by atomic mass is 10.1. The fourth-order valence-corrected chi connectivity index (χ4v) is 2.06. The van der Waals surface area contributed by atoms with Gasteiger partial charge in [-0.3, -0.25) is 9.59 Å². The van der Waals surface area contributed by atoms with E-state index in [1.54, 1.807) is 0 Å². The van der Waals surface area contributed by atoms with Crippen LogP contribution >= 0.6 is 0 Å². The smallest absolute Gasteiger partial charge is 0.306 e. The number of ether oxygens (including phenoxy) is 1. The van der Waals surface area contributed by atoms with Crippen molar-refractivity contribution in [2.24, 2.45) is 0 Å². The van der Waals surface area contributed by atoms with E-state index in [4.69, 9.17) is 15.6 Å². The van der Waals surface area contributed by atoms with Crippen molar-refractivity contribution >= 4 is 17.6 Å². The molecule has 20 heavy (non-hydrogen) atoms. The summed E-state index contributed by atoms with van der Waals surface area (Å²) < 4.78 is 18.6. The van der Waals surface area contributed by atoms with E-state index in [0.717, 1.165) is 6.07 Å². The van der Waals surface area contributed by atoms with Crippen LogP contribution in [0.25, 0.3) is 0 Å². The average molecular weight is 282 g/mol. The van der Waals surface area contributed by atoms with Crippen LogP contribution in [0, 0.1) is 5.82 Å². The maximum absolute atomic E-state index is 13.4. The molecule has 1 aromatic rings. The number of nitrogen functional groups attached to an aromatic ring is 1. The van der Waals surface area contributed by atoms with Crippen molar-refractivity contribution in [3.05, 3.63) is 29.6 Å². The Bertz CT molecular complexity index is 535. The van der Waals surface area contributed by atoms with Crippen LogP contribution in [-0.4, -0.2) is 47.7 Å². The van der Waals surface area contributed by atoms with Gasteiger partial charge in [-0.2, -0.15) is 0 Å². The second kappa shape index (κ2) is 5.87. The molecule has 1 unspecified atom stereocenters. The highest BCUT2D eigenvalue weighted by molar-refractivity contribution is 5.94. The van der Waals surface area contributed by atoms with Crippen LogP contribution < -0.4 is 5.73 Å². The third-order valence-corrected chi connectivity index (χ3v) is 3.08. The lowest BCUT2D eigenvalue weighted by Crippen LogP contribution is -2.46. The van der Waals surface area contributed by atoms with Gasteiger partial charge in [0.15, 0.2) is 0 Å². The highest BCUT2D eigenvalue weighted by atomic mass is 19.1. The summed E-state index contributed by atoms with van der Waals surface area (Å²) in [7, 11) is 0. The van der Waals surface area contributed by atoms with Gasteiger partial charge in [-0.05, 0) is 18.2 Å². The summed E-state index contributed by atoms with van der Waals surface area (Å²) in [5, 5.41) is 8.73. The largest absolute Gasteiger partial charge is 0.481 e. The lowest BCUT2D eigenvalue weighted by molar-refractivity contribution is -0.141. The summed E-state index contributed by atoms with van der Waals surface area (Å²) in [5.41, 5.74) is 5.53. The Morgan fingerprint density at radius 1 is 1.50 bits per heavy atom. The Hall–Kier alpha value is -2.15. The third kappa shape index (κ3) is 3.24. The summed E-state index contributed by atoms with van der Waals surface area (Å²) >= 11 is 0. The summed E-state index contributed by atoms with van der Waals surface area (Å²) in [6.45, 7) is 0.791. The number of aliphatic carboxylic acids is 1. The van der Waals surface area contributed by atoms with E-state index < -0.39 is 17.9 Å². The third-order valence-electron chi connectivity index (χ3n) is 3.08. The van der Waals surface area contributed by atoms with E-state index in [2.05, 4.69) is 0 Å². The Morgan fingerprint density at radius 2 is 2.25 bits per heavy atom. The molecular formula is C13H15FN2O4. The molecule has 1 aromatic carbocycles. The summed E-state index contributed by atoms with van der Waals surface area (Å²) in [5.74, 6) is -1.99. The molecule has 2 rings (SSSR count). The molecule has 0 aliphatic carbocycles. The molecule has 7 heteroatoms. The summed E-state index contributed by atoms with van der Waals surface area (Å²) in [4.78, 5) is 24.3. The second-order valence-electron chi connectivity index (χ2n) is 4.58. The van der Waals surface area contributed by atoms with E-state index in [9.17, 15) is 14.0 Å². The maximum atomic E-state index is 13.4. The van der Waals surface area contributed by atoms with Gasteiger partial charge in [0, 0.05) is 18.7 Å². The number of hydrogen-bond acceptors (Lipinski definition) is 4. The van der Waals surface area contributed by atoms with Crippen LogP contribution in [0.5, 0.6) is 0 Å². The van der Waals surface area contributed by atoms with Crippen molar-refractivity contribution in [1.82, 2.24) is 4.90 Å². The highest BCUT2D eigenvalue weighted by Gasteiger charge is 2.26. The average Bonchev–Trinajstić information content (AvgIpc) is 2.40. The van der Waals surface area contributed by atoms with Crippen LogP contribution in [-0.2, 0) is 9.53 Å². The zero-order valence-corrected chi connectivity index (χ0v) is 10.7. The van der Waals surface area contributed by atoms with Crippen molar-refractivity contribution in [3.63, 3.8) is 0 Å². The Balaban J connectivity index is 2.08. The molecule has 0 spiro atoms. The Kier molecular flexibility index (Phi) is 4.19. The molecular weight excluding hydrogens is 267 g/mol. The van der Waals surface area contributed by atoms with Crippen molar-refractivity contribution in [3.8, 4) is 0 Å². The molecule has 1 amide bonds. The molecule has 1 fully saturated rings. The van der Waals surface area contributed by atoms with Gasteiger partial charge >= 0.3 is 5.97 Å². The number of amides is 1. The fraction of sp³-hybridized carbons (Fsp3) is 0.385. The second-order valence-corrected chi connectivity index (χ2v) is 4.58. The minimum atomic E-state index is -0.983. The molecule has 0 radical (unpaired) electrons. The first-order valence-corrected chi connectivity index (χ1v) is 6.15. The van der Waals surface area contributed by atoms with Crippen molar-refractivity contribution in [2.75, 3.05) is 25.4 Å². The number of carboxylic acid groups (broad SMARTS) is 1. The number of rotatable bonds is 3. The number of halogens is 1. The van der Waals surface area contributed by atoms with Crippen molar-refractivity contribution in [2.45, 2.75) is 12.5 Å². The van der Waals surface area contributed by atoms with Gasteiger partial charge in [0.05, 0.1) is 24.8 Å². The van der Waals surface area contributed by atoms with E-state index in [1.165, 1.54) is 17.0 Å². The summed E-state index contributed by atoms with van der Waals surface area (Å²) in [6.07, 6.45) is -0.705. The van der Waals surface area contributed by atoms with E-state index in [-0.39, 0.29) is 36.7 Å². The zero-order valence-electron chi connectivity index (χ0n) is 10.7. The minimum Gasteiger partial charge on any atom is -0.481 e. The van der Waals surface area contributed by atoms with Crippen molar-refractivity contribution in [1.29, 1.82) is 0 Å². The first kappa shape index (κ1) is 14.3. The van der Waals surface area contributed by atoms with Crippen LogP contribution in [0.1, 0.15) is 16.8 Å². The van der Waals surface area contributed by atoms with Crippen LogP contribution in [0.3, 0.4) is 0 Å². The molecule has 1 heterocycles. The number of benzene rings is 1. The predicted octanol–water partition coefficient (Wildman–Crippen LogP) is 0.724. The number of nitrogens with zero attached hydrogens (tertiary/aromatic N) is 1. The molecule has 1 aliphatic rings. The van der Waals surface area contributed by atoms with Crippen LogP contribution in [0.2, 0.25) is 0 Å². The number of morpholine rings is 1. The molecule has 6 nitrogen and oxygen atoms in total. The van der Waals surface area contributed by atoms with Crippen molar-refractivity contribution < 1.29 is 23.8 Å². The molecule has 0 aromatic heterocycles. The SMILES string of the molecule is Nc1ccc(C(=O)N2CCOC(CC(=O)O)C2)cc1F. The molecule has 1 aliphatic heterocycles. The van der Waals surface area contributed by atoms with Gasteiger partial charge < -0.3 is 20.5 Å². The molecule has 0 bridgehead atoms. The normalized spacial score (nSPS) is 18.9. The first-order valence-electron chi connectivity index (χ1n) is 6.15. The highest BCUT2D eigenvalue weighted by Crippen LogP contribution is 2.16. The molecule has 108 valence electrons. The molecule has 3 N–H and O–H groups in total. The number of carboxylic acids is 1. The van der Waals surface area contributed by atoms with E-state index in [1.807, 2.05) is 0 Å². The van der Waals surface area contributed by atoms with Crippen LogP contribution in [0.4, 0.5) is 10.1 Å². The maximum Gasteiger partial charge on any atom is 0.306 e. The fourth-order valence-electron chi connectivity index (χ4n) is 2.06. The van der Waals surface area contributed by atoms with Gasteiger partial charge in [-0.15, -0.1) is 0 Å². The van der Waals surface area contributed by atoms with Gasteiger partial charge in [-0.1, -0.05) is 0 Å². The van der Waals surface area contributed by atoms with Gasteiger partial charge in [-0.25, -0.2) is 4.39 Å².